The molecule has 1 fully saturated rings. The summed E-state index contributed by atoms with van der Waals surface area (Å²) >= 11 is 0. The summed E-state index contributed by atoms with van der Waals surface area (Å²) in [6.07, 6.45) is 2.04. The van der Waals surface area contributed by atoms with E-state index in [-0.39, 0.29) is 18.5 Å². The Hall–Kier alpha value is -1.26. The van der Waals surface area contributed by atoms with E-state index >= 15 is 0 Å². The third-order valence-corrected chi connectivity index (χ3v) is 2.13. The highest BCUT2D eigenvalue weighted by Crippen LogP contribution is 2.33. The van der Waals surface area contributed by atoms with Gasteiger partial charge >= 0.3 is 12.0 Å². The van der Waals surface area contributed by atoms with E-state index in [1.165, 1.54) is 7.05 Å². The topological polar surface area (TPSA) is 78.4 Å². The van der Waals surface area contributed by atoms with Gasteiger partial charge in [0.05, 0.1) is 6.42 Å². The fourth-order valence-electron chi connectivity index (χ4n) is 1.26. The molecule has 0 saturated heterocycles. The Balaban J connectivity index is 2.37. The second kappa shape index (κ2) is 4.11. The molecule has 3 N–H and O–H groups in total. The monoisotopic (exact) mass is 186 g/mol. The maximum absolute atomic E-state index is 10.9. The van der Waals surface area contributed by atoms with Gasteiger partial charge in [-0.25, -0.2) is 4.79 Å². The number of hydrogen-bond acceptors (Lipinski definition) is 2. The minimum Gasteiger partial charge on any atom is -0.481 e. The summed E-state index contributed by atoms with van der Waals surface area (Å²) in [6, 6.07) is -0.518. The van der Waals surface area contributed by atoms with Gasteiger partial charge in [-0.15, -0.1) is 0 Å². The maximum atomic E-state index is 10.9. The highest BCUT2D eigenvalue weighted by molar-refractivity contribution is 5.75. The summed E-state index contributed by atoms with van der Waals surface area (Å²) in [5.41, 5.74) is 0. The molecule has 0 heterocycles. The first-order valence-electron chi connectivity index (χ1n) is 4.33. The number of urea groups is 1. The van der Waals surface area contributed by atoms with Gasteiger partial charge in [0.1, 0.15) is 0 Å². The number of carboxylic acids is 1. The molecule has 74 valence electrons. The molecule has 1 unspecified atom stereocenters. The van der Waals surface area contributed by atoms with E-state index in [2.05, 4.69) is 10.6 Å². The maximum Gasteiger partial charge on any atom is 0.314 e. The predicted octanol–water partition coefficient (Wildman–Crippen LogP) is 0.169. The van der Waals surface area contributed by atoms with Crippen molar-refractivity contribution in [2.45, 2.75) is 25.3 Å². The zero-order valence-corrected chi connectivity index (χ0v) is 7.54. The van der Waals surface area contributed by atoms with Crippen LogP contribution < -0.4 is 10.6 Å². The summed E-state index contributed by atoms with van der Waals surface area (Å²) in [5, 5.41) is 13.6. The van der Waals surface area contributed by atoms with Crippen LogP contribution >= 0.6 is 0 Å². The van der Waals surface area contributed by atoms with Crippen LogP contribution in [0, 0.1) is 5.92 Å². The number of nitrogens with one attached hydrogen (secondary N) is 2. The van der Waals surface area contributed by atoms with Crippen LogP contribution in [0.4, 0.5) is 4.79 Å². The Morgan fingerprint density at radius 3 is 2.54 bits per heavy atom. The molecule has 13 heavy (non-hydrogen) atoms. The van der Waals surface area contributed by atoms with Crippen molar-refractivity contribution in [1.29, 1.82) is 0 Å². The van der Waals surface area contributed by atoms with Crippen LogP contribution in [0.15, 0.2) is 0 Å². The number of rotatable bonds is 4. The lowest BCUT2D eigenvalue weighted by molar-refractivity contribution is -0.137. The smallest absolute Gasteiger partial charge is 0.314 e. The highest BCUT2D eigenvalue weighted by Gasteiger charge is 2.33. The van der Waals surface area contributed by atoms with E-state index in [1.54, 1.807) is 0 Å². The Morgan fingerprint density at radius 1 is 1.54 bits per heavy atom. The average Bonchev–Trinajstić information content (AvgIpc) is 2.84. The lowest BCUT2D eigenvalue weighted by Crippen LogP contribution is -2.42. The van der Waals surface area contributed by atoms with E-state index in [9.17, 15) is 9.59 Å². The van der Waals surface area contributed by atoms with E-state index in [1.807, 2.05) is 0 Å². The number of carboxylic acid groups (broad SMARTS) is 1. The van der Waals surface area contributed by atoms with Gasteiger partial charge in [0.25, 0.3) is 0 Å². The number of aliphatic carboxylic acids is 1. The SMILES string of the molecule is CNC(=O)NC(CC(=O)O)C1CC1. The molecule has 0 bridgehead atoms. The Labute approximate surface area is 76.5 Å². The zero-order chi connectivity index (χ0) is 9.84. The fraction of sp³-hybridized carbons (Fsp3) is 0.750. The molecule has 5 nitrogen and oxygen atoms in total. The highest BCUT2D eigenvalue weighted by atomic mass is 16.4. The summed E-state index contributed by atoms with van der Waals surface area (Å²) in [5.74, 6) is -0.512. The third kappa shape index (κ3) is 3.31. The van der Waals surface area contributed by atoms with E-state index in [4.69, 9.17) is 5.11 Å². The number of carbonyl (C=O) groups is 2. The summed E-state index contributed by atoms with van der Waals surface area (Å²) < 4.78 is 0. The number of carbonyl (C=O) groups excluding carboxylic acids is 1. The molecule has 1 aliphatic carbocycles. The van der Waals surface area contributed by atoms with Crippen LogP contribution in [0.25, 0.3) is 0 Å². The van der Waals surface area contributed by atoms with E-state index in [0.29, 0.717) is 5.92 Å². The fourth-order valence-corrected chi connectivity index (χ4v) is 1.26. The van der Waals surface area contributed by atoms with Crippen molar-refractivity contribution in [3.8, 4) is 0 Å². The number of hydrogen-bond donors (Lipinski definition) is 3. The van der Waals surface area contributed by atoms with Crippen LogP contribution in [-0.2, 0) is 4.79 Å². The molecule has 0 aromatic rings. The van der Waals surface area contributed by atoms with Gasteiger partial charge in [0.2, 0.25) is 0 Å². The van der Waals surface area contributed by atoms with Crippen LogP contribution in [0.5, 0.6) is 0 Å². The molecule has 5 heteroatoms. The first kappa shape index (κ1) is 9.83. The molecule has 1 aliphatic rings. The normalized spacial score (nSPS) is 17.6. The van der Waals surface area contributed by atoms with E-state index in [0.717, 1.165) is 12.8 Å². The molecule has 0 aliphatic heterocycles. The summed E-state index contributed by atoms with van der Waals surface area (Å²) in [4.78, 5) is 21.4. The minimum atomic E-state index is -0.867. The van der Waals surface area contributed by atoms with Crippen molar-refractivity contribution < 1.29 is 14.7 Å². The predicted molar refractivity (Wildman–Crippen MR) is 46.4 cm³/mol. The van der Waals surface area contributed by atoms with Gasteiger partial charge in [0, 0.05) is 13.1 Å². The van der Waals surface area contributed by atoms with Crippen molar-refractivity contribution in [1.82, 2.24) is 10.6 Å². The molecule has 1 saturated carbocycles. The van der Waals surface area contributed by atoms with Gasteiger partial charge in [-0.2, -0.15) is 0 Å². The standard InChI is InChI=1S/C8H14N2O3/c1-9-8(13)10-6(4-7(11)12)5-2-3-5/h5-6H,2-4H2,1H3,(H,11,12)(H2,9,10,13). The Kier molecular flexibility index (Phi) is 3.11. The Bertz CT molecular complexity index is 213. The Morgan fingerprint density at radius 2 is 2.15 bits per heavy atom. The van der Waals surface area contributed by atoms with Crippen molar-refractivity contribution in [3.63, 3.8) is 0 Å². The second-order valence-corrected chi connectivity index (χ2v) is 3.27. The van der Waals surface area contributed by atoms with Crippen molar-refractivity contribution in [2.24, 2.45) is 5.92 Å². The van der Waals surface area contributed by atoms with Gasteiger partial charge in [-0.3, -0.25) is 4.79 Å². The summed E-state index contributed by atoms with van der Waals surface area (Å²) in [7, 11) is 1.51. The van der Waals surface area contributed by atoms with Crippen molar-refractivity contribution in [2.75, 3.05) is 7.05 Å². The average molecular weight is 186 g/mol. The van der Waals surface area contributed by atoms with Crippen molar-refractivity contribution in [3.05, 3.63) is 0 Å². The molecule has 1 atom stereocenters. The molecule has 0 radical (unpaired) electrons. The van der Waals surface area contributed by atoms with E-state index < -0.39 is 5.97 Å². The molecule has 2 amide bonds. The second-order valence-electron chi connectivity index (χ2n) is 3.27. The molecule has 0 aromatic heterocycles. The van der Waals surface area contributed by atoms with Gasteiger partial charge in [-0.1, -0.05) is 0 Å². The van der Waals surface area contributed by atoms with Crippen molar-refractivity contribution >= 4 is 12.0 Å². The van der Waals surface area contributed by atoms with Gasteiger partial charge in [0.15, 0.2) is 0 Å². The quantitative estimate of drug-likeness (QED) is 0.585. The van der Waals surface area contributed by atoms with Gasteiger partial charge < -0.3 is 15.7 Å². The third-order valence-electron chi connectivity index (χ3n) is 2.13. The zero-order valence-electron chi connectivity index (χ0n) is 7.54. The van der Waals surface area contributed by atoms with Gasteiger partial charge in [-0.05, 0) is 18.8 Å². The molecular formula is C8H14N2O3. The first-order valence-corrected chi connectivity index (χ1v) is 4.33. The first-order chi connectivity index (χ1) is 6.13. The largest absolute Gasteiger partial charge is 0.481 e. The van der Waals surface area contributed by atoms with Crippen LogP contribution in [0.2, 0.25) is 0 Å². The molecule has 1 rings (SSSR count). The molecule has 0 aromatic carbocycles. The molecule has 0 spiro atoms. The lowest BCUT2D eigenvalue weighted by atomic mass is 10.1. The molecular weight excluding hydrogens is 172 g/mol. The van der Waals surface area contributed by atoms with Crippen LogP contribution in [0.3, 0.4) is 0 Å². The van der Waals surface area contributed by atoms with Crippen LogP contribution in [0.1, 0.15) is 19.3 Å². The summed E-state index contributed by atoms with van der Waals surface area (Å²) in [6.45, 7) is 0. The lowest BCUT2D eigenvalue weighted by Gasteiger charge is -2.15. The van der Waals surface area contributed by atoms with Crippen LogP contribution in [-0.4, -0.2) is 30.2 Å². The minimum absolute atomic E-state index is 0.0120. The number of amides is 2.